The van der Waals surface area contributed by atoms with Crippen molar-refractivity contribution in [1.29, 1.82) is 0 Å². The molecule has 3 heteroatoms. The molecule has 0 spiro atoms. The molecule has 0 unspecified atom stereocenters. The zero-order chi connectivity index (χ0) is 12.1. The standard InChI is InChI=1S/2C7H7O.Sn/c2*1-8-7-5-3-2-4-6-7;/h2*3-6H,1H3;. The Morgan fingerprint density at radius 1 is 0.647 bits per heavy atom. The van der Waals surface area contributed by atoms with E-state index in [1.165, 1.54) is 7.16 Å². The van der Waals surface area contributed by atoms with E-state index < -0.39 is 21.1 Å². The predicted molar refractivity (Wildman–Crippen MR) is 71.0 cm³/mol. The number of methoxy groups -OCH3 is 2. The summed E-state index contributed by atoms with van der Waals surface area (Å²) in [5.41, 5.74) is 0. The van der Waals surface area contributed by atoms with Gasteiger partial charge in [-0.15, -0.1) is 0 Å². The Bertz CT molecular complexity index is 417. The molecule has 2 aromatic rings. The molecule has 17 heavy (non-hydrogen) atoms. The van der Waals surface area contributed by atoms with Crippen LogP contribution in [0.15, 0.2) is 48.5 Å². The topological polar surface area (TPSA) is 18.5 Å². The van der Waals surface area contributed by atoms with Gasteiger partial charge in [0, 0.05) is 0 Å². The van der Waals surface area contributed by atoms with E-state index in [0.29, 0.717) is 0 Å². The molecule has 0 saturated heterocycles. The molecule has 0 saturated carbocycles. The SMILES string of the molecule is COc1cc[c]([Sn][c]2ccc(OC)cc2)cc1. The van der Waals surface area contributed by atoms with Crippen LogP contribution in [0.4, 0.5) is 0 Å². The number of hydrogen-bond acceptors (Lipinski definition) is 2. The summed E-state index contributed by atoms with van der Waals surface area (Å²) in [5, 5.41) is 0. The fourth-order valence-corrected chi connectivity index (χ4v) is 4.37. The van der Waals surface area contributed by atoms with Gasteiger partial charge in [-0.1, -0.05) is 0 Å². The summed E-state index contributed by atoms with van der Waals surface area (Å²) in [6, 6.07) is 16.8. The van der Waals surface area contributed by atoms with Crippen molar-refractivity contribution < 1.29 is 9.47 Å². The fourth-order valence-electron chi connectivity index (χ4n) is 1.52. The second kappa shape index (κ2) is 5.96. The van der Waals surface area contributed by atoms with E-state index in [9.17, 15) is 0 Å². The van der Waals surface area contributed by atoms with E-state index in [-0.39, 0.29) is 0 Å². The maximum atomic E-state index is 5.15. The number of ether oxygens (including phenoxy) is 2. The quantitative estimate of drug-likeness (QED) is 0.787. The van der Waals surface area contributed by atoms with Crippen molar-refractivity contribution >= 4 is 28.3 Å². The Kier molecular flexibility index (Phi) is 4.31. The van der Waals surface area contributed by atoms with E-state index >= 15 is 0 Å². The van der Waals surface area contributed by atoms with Crippen LogP contribution in [-0.4, -0.2) is 35.4 Å². The normalized spacial score (nSPS) is 10.0. The molecule has 0 amide bonds. The van der Waals surface area contributed by atoms with Crippen LogP contribution in [-0.2, 0) is 0 Å². The molecule has 0 aliphatic carbocycles. The van der Waals surface area contributed by atoms with Crippen LogP contribution in [0, 0.1) is 0 Å². The van der Waals surface area contributed by atoms with Crippen molar-refractivity contribution in [3.05, 3.63) is 48.5 Å². The molecule has 0 atom stereocenters. The molecule has 86 valence electrons. The summed E-state index contributed by atoms with van der Waals surface area (Å²) in [6.07, 6.45) is 0. The monoisotopic (exact) mass is 334 g/mol. The Hall–Kier alpha value is -1.16. The van der Waals surface area contributed by atoms with Crippen LogP contribution >= 0.6 is 0 Å². The molecule has 0 aromatic heterocycles. The second-order valence-electron chi connectivity index (χ2n) is 3.58. The van der Waals surface area contributed by atoms with E-state index in [4.69, 9.17) is 9.47 Å². The van der Waals surface area contributed by atoms with Crippen LogP contribution < -0.4 is 16.6 Å². The number of benzene rings is 2. The molecule has 2 nitrogen and oxygen atoms in total. The fraction of sp³-hybridized carbons (Fsp3) is 0.143. The minimum atomic E-state index is -0.688. The van der Waals surface area contributed by atoms with Gasteiger partial charge < -0.3 is 0 Å². The minimum absolute atomic E-state index is 0.688. The molecule has 0 heterocycles. The van der Waals surface area contributed by atoms with Gasteiger partial charge in [0.05, 0.1) is 0 Å². The van der Waals surface area contributed by atoms with Gasteiger partial charge in [0.25, 0.3) is 0 Å². The summed E-state index contributed by atoms with van der Waals surface area (Å²) in [4.78, 5) is 0. The van der Waals surface area contributed by atoms with Gasteiger partial charge >= 0.3 is 112 Å². The first kappa shape index (κ1) is 12.3. The summed E-state index contributed by atoms with van der Waals surface area (Å²) < 4.78 is 13.2. The summed E-state index contributed by atoms with van der Waals surface area (Å²) in [5.74, 6) is 1.84. The zero-order valence-electron chi connectivity index (χ0n) is 9.94. The molecule has 0 bridgehead atoms. The van der Waals surface area contributed by atoms with Crippen LogP contribution in [0.5, 0.6) is 11.5 Å². The maximum absolute atomic E-state index is 5.15. The molecule has 2 rings (SSSR count). The van der Waals surface area contributed by atoms with Crippen molar-refractivity contribution in [1.82, 2.24) is 0 Å². The van der Waals surface area contributed by atoms with Crippen LogP contribution in [0.25, 0.3) is 0 Å². The van der Waals surface area contributed by atoms with E-state index in [1.807, 2.05) is 24.3 Å². The van der Waals surface area contributed by atoms with Gasteiger partial charge in [-0.05, 0) is 0 Å². The van der Waals surface area contributed by atoms with Crippen LogP contribution in [0.3, 0.4) is 0 Å². The van der Waals surface area contributed by atoms with E-state index in [1.54, 1.807) is 14.2 Å². The summed E-state index contributed by atoms with van der Waals surface area (Å²) in [7, 11) is 3.39. The molecule has 2 aromatic carbocycles. The second-order valence-corrected chi connectivity index (χ2v) is 7.59. The number of rotatable bonds is 4. The predicted octanol–water partition coefficient (Wildman–Crippen LogP) is 1.36. The first-order valence-electron chi connectivity index (χ1n) is 5.37. The van der Waals surface area contributed by atoms with Crippen molar-refractivity contribution in [2.24, 2.45) is 0 Å². The van der Waals surface area contributed by atoms with Crippen molar-refractivity contribution in [3.8, 4) is 11.5 Å². The molecule has 0 aliphatic rings. The van der Waals surface area contributed by atoms with Crippen molar-refractivity contribution in [2.75, 3.05) is 14.2 Å². The van der Waals surface area contributed by atoms with Gasteiger partial charge in [0.15, 0.2) is 0 Å². The summed E-state index contributed by atoms with van der Waals surface area (Å²) in [6.45, 7) is 0. The molecule has 2 radical (unpaired) electrons. The first-order valence-corrected chi connectivity index (χ1v) is 8.22. The Labute approximate surface area is 112 Å². The van der Waals surface area contributed by atoms with E-state index in [2.05, 4.69) is 24.3 Å². The van der Waals surface area contributed by atoms with Gasteiger partial charge in [0.2, 0.25) is 0 Å². The molecule has 0 N–H and O–H groups in total. The molecule has 0 aliphatic heterocycles. The van der Waals surface area contributed by atoms with Gasteiger partial charge in [-0.3, -0.25) is 0 Å². The van der Waals surface area contributed by atoms with Gasteiger partial charge in [0.1, 0.15) is 0 Å². The van der Waals surface area contributed by atoms with Gasteiger partial charge in [-0.25, -0.2) is 0 Å². The van der Waals surface area contributed by atoms with Crippen LogP contribution in [0.2, 0.25) is 0 Å². The Morgan fingerprint density at radius 2 is 1.00 bits per heavy atom. The molecular weight excluding hydrogens is 319 g/mol. The zero-order valence-corrected chi connectivity index (χ0v) is 12.8. The van der Waals surface area contributed by atoms with E-state index in [0.717, 1.165) is 11.5 Å². The van der Waals surface area contributed by atoms with Crippen molar-refractivity contribution in [3.63, 3.8) is 0 Å². The average Bonchev–Trinajstić information content (AvgIpc) is 2.40. The number of hydrogen-bond donors (Lipinski definition) is 0. The Balaban J connectivity index is 2.08. The third-order valence-corrected chi connectivity index (χ3v) is 6.02. The third-order valence-electron chi connectivity index (χ3n) is 2.47. The molecular formula is C14H14O2Sn. The molecule has 0 fully saturated rings. The third kappa shape index (κ3) is 3.40. The average molecular weight is 333 g/mol. The first-order chi connectivity index (χ1) is 8.31. The van der Waals surface area contributed by atoms with Gasteiger partial charge in [-0.2, -0.15) is 0 Å². The Morgan fingerprint density at radius 3 is 1.29 bits per heavy atom. The summed E-state index contributed by atoms with van der Waals surface area (Å²) >= 11 is -0.688. The van der Waals surface area contributed by atoms with Crippen LogP contribution in [0.1, 0.15) is 0 Å². The van der Waals surface area contributed by atoms with Crippen molar-refractivity contribution in [2.45, 2.75) is 0 Å².